The zero-order valence-electron chi connectivity index (χ0n) is 15.8. The van der Waals surface area contributed by atoms with Crippen LogP contribution in [0.4, 0.5) is 0 Å². The van der Waals surface area contributed by atoms with Gasteiger partial charge in [-0.1, -0.05) is 30.0 Å². The van der Waals surface area contributed by atoms with E-state index >= 15 is 0 Å². The number of ether oxygens (including phenoxy) is 1. The van der Waals surface area contributed by atoms with Gasteiger partial charge in [0.25, 0.3) is 0 Å². The molecule has 0 aliphatic rings. The molecule has 0 spiro atoms. The molecule has 2 N–H and O–H groups in total. The minimum Gasteiger partial charge on any atom is -0.502 e. The van der Waals surface area contributed by atoms with Crippen LogP contribution < -0.4 is 15.5 Å². The Morgan fingerprint density at radius 2 is 1.72 bits per heavy atom. The largest absolute Gasteiger partial charge is 0.502 e. The van der Waals surface area contributed by atoms with Crippen LogP contribution in [0.3, 0.4) is 0 Å². The third kappa shape index (κ3) is 5.75. The first-order valence-corrected chi connectivity index (χ1v) is 8.90. The Morgan fingerprint density at radius 1 is 1.07 bits per heavy atom. The van der Waals surface area contributed by atoms with Gasteiger partial charge in [-0.3, -0.25) is 9.59 Å². The Bertz CT molecular complexity index is 1110. The predicted molar refractivity (Wildman–Crippen MR) is 107 cm³/mol. The van der Waals surface area contributed by atoms with E-state index in [1.54, 1.807) is 12.1 Å². The van der Waals surface area contributed by atoms with Crippen LogP contribution in [0.5, 0.6) is 11.5 Å². The Labute approximate surface area is 167 Å². The summed E-state index contributed by atoms with van der Waals surface area (Å²) in [7, 11) is 0. The first-order valence-electron chi connectivity index (χ1n) is 8.90. The van der Waals surface area contributed by atoms with Crippen molar-refractivity contribution in [3.05, 3.63) is 93.5 Å². The third-order valence-electron chi connectivity index (χ3n) is 3.90. The molecule has 0 bridgehead atoms. The topological polar surface area (TPSA) is 88.8 Å². The van der Waals surface area contributed by atoms with Crippen molar-refractivity contribution in [3.8, 4) is 23.3 Å². The molecule has 1 aromatic heterocycles. The lowest BCUT2D eigenvalue weighted by Gasteiger charge is -2.09. The average Bonchev–Trinajstić information content (AvgIpc) is 2.73. The van der Waals surface area contributed by atoms with Gasteiger partial charge in [0.05, 0.1) is 6.54 Å². The van der Waals surface area contributed by atoms with E-state index in [-0.39, 0.29) is 30.6 Å². The van der Waals surface area contributed by atoms with Crippen molar-refractivity contribution in [3.63, 3.8) is 0 Å². The fourth-order valence-electron chi connectivity index (χ4n) is 2.44. The molecular formula is C23H19NO5. The zero-order valence-corrected chi connectivity index (χ0v) is 15.8. The van der Waals surface area contributed by atoms with Crippen LogP contribution in [0.25, 0.3) is 0 Å². The molecule has 0 aliphatic heterocycles. The Hall–Kier alpha value is -3.98. The number of aromatic hydroxyl groups is 1. The molecule has 6 heteroatoms. The first-order chi connectivity index (χ1) is 14.0. The van der Waals surface area contributed by atoms with E-state index in [9.17, 15) is 14.7 Å². The maximum absolute atomic E-state index is 11.9. The summed E-state index contributed by atoms with van der Waals surface area (Å²) >= 11 is 0. The van der Waals surface area contributed by atoms with Crippen molar-refractivity contribution < 1.29 is 19.1 Å². The Balaban J connectivity index is 1.65. The molecule has 2 aromatic carbocycles. The van der Waals surface area contributed by atoms with Crippen molar-refractivity contribution in [1.82, 2.24) is 5.32 Å². The van der Waals surface area contributed by atoms with Gasteiger partial charge in [0.2, 0.25) is 17.1 Å². The van der Waals surface area contributed by atoms with E-state index in [1.807, 2.05) is 42.5 Å². The highest BCUT2D eigenvalue weighted by Gasteiger charge is 2.12. The van der Waals surface area contributed by atoms with E-state index < -0.39 is 11.2 Å². The fraction of sp³-hybridized carbons (Fsp3) is 0.130. The van der Waals surface area contributed by atoms with Gasteiger partial charge in [-0.05, 0) is 36.4 Å². The van der Waals surface area contributed by atoms with Gasteiger partial charge in [0.1, 0.15) is 18.1 Å². The van der Waals surface area contributed by atoms with Gasteiger partial charge in [0.15, 0.2) is 5.76 Å². The molecule has 29 heavy (non-hydrogen) atoms. The van der Waals surface area contributed by atoms with Crippen LogP contribution >= 0.6 is 0 Å². The second-order valence-electron chi connectivity index (χ2n) is 6.19. The quantitative estimate of drug-likeness (QED) is 0.655. The molecule has 0 saturated heterocycles. The second kappa shape index (κ2) is 9.29. The lowest BCUT2D eigenvalue weighted by molar-refractivity contribution is -0.119. The van der Waals surface area contributed by atoms with Crippen LogP contribution in [0, 0.1) is 11.8 Å². The average molecular weight is 389 g/mol. The second-order valence-corrected chi connectivity index (χ2v) is 6.19. The summed E-state index contributed by atoms with van der Waals surface area (Å²) in [6.07, 6.45) is 0. The van der Waals surface area contributed by atoms with Gasteiger partial charge >= 0.3 is 0 Å². The van der Waals surface area contributed by atoms with Crippen LogP contribution in [0.1, 0.15) is 29.6 Å². The minimum atomic E-state index is -0.596. The maximum Gasteiger partial charge on any atom is 0.227 e. The molecule has 1 amide bonds. The van der Waals surface area contributed by atoms with Gasteiger partial charge in [-0.25, -0.2) is 0 Å². The molecule has 146 valence electrons. The standard InChI is InChI=1S/C23H19NO5/c1-16(25)24-14-22-23(27)21(26)13-20(29-22)15-28-19-11-9-18(10-12-19)8-7-17-5-3-2-4-6-17/h2-6,9-13,27H,14-15H2,1H3,(H,24,25). The monoisotopic (exact) mass is 389 g/mol. The number of hydrogen-bond acceptors (Lipinski definition) is 5. The number of carbonyl (C=O) groups excluding carboxylic acids is 1. The number of nitrogens with one attached hydrogen (secondary N) is 1. The summed E-state index contributed by atoms with van der Waals surface area (Å²) in [6, 6.07) is 18.1. The van der Waals surface area contributed by atoms with Crippen LogP contribution in [-0.4, -0.2) is 11.0 Å². The lowest BCUT2D eigenvalue weighted by Crippen LogP contribution is -2.20. The zero-order chi connectivity index (χ0) is 20.6. The summed E-state index contributed by atoms with van der Waals surface area (Å²) in [4.78, 5) is 22.9. The number of amides is 1. The van der Waals surface area contributed by atoms with Gasteiger partial charge in [-0.15, -0.1) is 0 Å². The summed E-state index contributed by atoms with van der Waals surface area (Å²) in [5, 5.41) is 12.2. The summed E-state index contributed by atoms with van der Waals surface area (Å²) in [5.41, 5.74) is 1.18. The lowest BCUT2D eigenvalue weighted by atomic mass is 10.2. The van der Waals surface area contributed by atoms with Crippen molar-refractivity contribution in [2.24, 2.45) is 0 Å². The molecular weight excluding hydrogens is 370 g/mol. The van der Waals surface area contributed by atoms with Crippen LogP contribution in [0.15, 0.2) is 69.9 Å². The van der Waals surface area contributed by atoms with E-state index in [4.69, 9.17) is 9.15 Å². The molecule has 0 atom stereocenters. The summed E-state index contributed by atoms with van der Waals surface area (Å²) in [6.45, 7) is 1.24. The molecule has 0 saturated carbocycles. The van der Waals surface area contributed by atoms with Gasteiger partial charge in [-0.2, -0.15) is 0 Å². The van der Waals surface area contributed by atoms with E-state index in [2.05, 4.69) is 17.2 Å². The molecule has 0 fully saturated rings. The summed E-state index contributed by atoms with van der Waals surface area (Å²) in [5.74, 6) is 6.13. The highest BCUT2D eigenvalue weighted by molar-refractivity contribution is 5.72. The summed E-state index contributed by atoms with van der Waals surface area (Å²) < 4.78 is 11.1. The predicted octanol–water partition coefficient (Wildman–Crippen LogP) is 2.96. The number of rotatable bonds is 5. The molecule has 6 nitrogen and oxygen atoms in total. The molecule has 3 rings (SSSR count). The Kier molecular flexibility index (Phi) is 6.33. The SMILES string of the molecule is CC(=O)NCc1oc(COc2ccc(C#Cc3ccccc3)cc2)cc(=O)c1O. The Morgan fingerprint density at radius 3 is 2.38 bits per heavy atom. The third-order valence-corrected chi connectivity index (χ3v) is 3.90. The van der Waals surface area contributed by atoms with Crippen LogP contribution in [0.2, 0.25) is 0 Å². The van der Waals surface area contributed by atoms with Gasteiger partial charge in [0, 0.05) is 24.1 Å². The molecule has 3 aromatic rings. The number of hydrogen-bond donors (Lipinski definition) is 2. The normalized spacial score (nSPS) is 9.97. The highest BCUT2D eigenvalue weighted by Crippen LogP contribution is 2.17. The molecule has 0 aliphatic carbocycles. The van der Waals surface area contributed by atoms with Crippen molar-refractivity contribution in [1.29, 1.82) is 0 Å². The molecule has 0 radical (unpaired) electrons. The smallest absolute Gasteiger partial charge is 0.227 e. The van der Waals surface area contributed by atoms with Gasteiger partial charge < -0.3 is 19.6 Å². The van der Waals surface area contributed by atoms with E-state index in [0.717, 1.165) is 17.2 Å². The van der Waals surface area contributed by atoms with E-state index in [0.29, 0.717) is 5.75 Å². The fourth-order valence-corrected chi connectivity index (χ4v) is 2.44. The van der Waals surface area contributed by atoms with Crippen molar-refractivity contribution >= 4 is 5.91 Å². The number of benzene rings is 2. The first kappa shape index (κ1) is 19.8. The van der Waals surface area contributed by atoms with Crippen molar-refractivity contribution in [2.75, 3.05) is 0 Å². The molecule has 1 heterocycles. The van der Waals surface area contributed by atoms with Crippen molar-refractivity contribution in [2.45, 2.75) is 20.1 Å². The molecule has 0 unspecified atom stereocenters. The number of carbonyl (C=O) groups is 1. The minimum absolute atomic E-state index is 0.00235. The van der Waals surface area contributed by atoms with E-state index in [1.165, 1.54) is 6.92 Å². The highest BCUT2D eigenvalue weighted by atomic mass is 16.5. The maximum atomic E-state index is 11.9. The van der Waals surface area contributed by atoms with Crippen LogP contribution in [-0.2, 0) is 17.9 Å².